The van der Waals surface area contributed by atoms with E-state index in [2.05, 4.69) is 10.6 Å². The molecule has 3 aromatic rings. The zero-order chi connectivity index (χ0) is 24.2. The molecule has 0 atom stereocenters. The molecule has 33 heavy (non-hydrogen) atoms. The zero-order valence-electron chi connectivity index (χ0n) is 19.0. The van der Waals surface area contributed by atoms with Gasteiger partial charge in [-0.15, -0.1) is 0 Å². The molecule has 0 saturated carbocycles. The van der Waals surface area contributed by atoms with Gasteiger partial charge in [-0.25, -0.2) is 8.42 Å². The van der Waals surface area contributed by atoms with E-state index in [1.54, 1.807) is 43.3 Å². The van der Waals surface area contributed by atoms with E-state index in [9.17, 15) is 18.0 Å². The minimum absolute atomic E-state index is 0.0129. The highest BCUT2D eigenvalue weighted by molar-refractivity contribution is 7.92. The van der Waals surface area contributed by atoms with Crippen molar-refractivity contribution in [3.8, 4) is 0 Å². The Morgan fingerprint density at radius 2 is 1.61 bits per heavy atom. The van der Waals surface area contributed by atoms with Gasteiger partial charge in [0.25, 0.3) is 15.9 Å². The molecule has 0 aromatic heterocycles. The number of sulfonamides is 1. The van der Waals surface area contributed by atoms with Crippen molar-refractivity contribution in [3.63, 3.8) is 0 Å². The minimum atomic E-state index is -3.86. The highest BCUT2D eigenvalue weighted by Crippen LogP contribution is 2.25. The van der Waals surface area contributed by atoms with E-state index in [0.717, 1.165) is 11.1 Å². The Morgan fingerprint density at radius 3 is 2.27 bits per heavy atom. The average molecular weight is 466 g/mol. The van der Waals surface area contributed by atoms with Crippen LogP contribution in [0.15, 0.2) is 71.6 Å². The number of aryl methyl sites for hydroxylation is 2. The third-order valence-corrected chi connectivity index (χ3v) is 7.02. The summed E-state index contributed by atoms with van der Waals surface area (Å²) in [4.78, 5) is 24.6. The Kier molecular flexibility index (Phi) is 7.18. The van der Waals surface area contributed by atoms with Crippen molar-refractivity contribution in [2.45, 2.75) is 32.1 Å². The molecule has 2 N–H and O–H groups in total. The van der Waals surface area contributed by atoms with Gasteiger partial charge < -0.3 is 10.6 Å². The lowest BCUT2D eigenvalue weighted by molar-refractivity contribution is -0.115. The second-order valence-electron chi connectivity index (χ2n) is 7.72. The van der Waals surface area contributed by atoms with Crippen LogP contribution < -0.4 is 14.9 Å². The smallest absolute Gasteiger partial charge is 0.264 e. The predicted octanol–water partition coefficient (Wildman–Crippen LogP) is 4.73. The first kappa shape index (κ1) is 24.0. The number of hydrogen-bond acceptors (Lipinski definition) is 4. The minimum Gasteiger partial charge on any atom is -0.326 e. The van der Waals surface area contributed by atoms with E-state index in [1.807, 2.05) is 26.0 Å². The summed E-state index contributed by atoms with van der Waals surface area (Å²) >= 11 is 0. The van der Waals surface area contributed by atoms with Gasteiger partial charge in [0.15, 0.2) is 0 Å². The third-order valence-electron chi connectivity index (χ3n) is 5.24. The largest absolute Gasteiger partial charge is 0.326 e. The molecule has 0 aliphatic heterocycles. The van der Waals surface area contributed by atoms with E-state index < -0.39 is 15.9 Å². The van der Waals surface area contributed by atoms with Gasteiger partial charge in [-0.3, -0.25) is 13.9 Å². The van der Waals surface area contributed by atoms with Crippen molar-refractivity contribution < 1.29 is 18.0 Å². The highest BCUT2D eigenvalue weighted by Gasteiger charge is 2.22. The summed E-state index contributed by atoms with van der Waals surface area (Å²) in [6.07, 6.45) is 0.341. The number of anilines is 3. The maximum Gasteiger partial charge on any atom is 0.264 e. The Hall–Kier alpha value is -3.65. The quantitative estimate of drug-likeness (QED) is 0.527. The van der Waals surface area contributed by atoms with Crippen LogP contribution in [0.25, 0.3) is 0 Å². The number of carbonyl (C=O) groups excluding carboxylic acids is 2. The molecule has 0 aliphatic carbocycles. The van der Waals surface area contributed by atoms with E-state index in [4.69, 9.17) is 0 Å². The molecule has 0 aliphatic rings. The number of benzene rings is 3. The lowest BCUT2D eigenvalue weighted by Crippen LogP contribution is -2.26. The van der Waals surface area contributed by atoms with Crippen molar-refractivity contribution in [2.75, 3.05) is 22.0 Å². The van der Waals surface area contributed by atoms with Gasteiger partial charge in [-0.1, -0.05) is 36.8 Å². The van der Waals surface area contributed by atoms with Gasteiger partial charge in [0.2, 0.25) is 5.91 Å². The van der Waals surface area contributed by atoms with Gasteiger partial charge in [-0.05, 0) is 61.9 Å². The van der Waals surface area contributed by atoms with Crippen LogP contribution in [0.3, 0.4) is 0 Å². The lowest BCUT2D eigenvalue weighted by atomic mass is 10.1. The molecule has 0 bridgehead atoms. The summed E-state index contributed by atoms with van der Waals surface area (Å²) in [6, 6.07) is 18.3. The summed E-state index contributed by atoms with van der Waals surface area (Å²) in [5, 5.41) is 5.56. The van der Waals surface area contributed by atoms with Crippen LogP contribution in [0, 0.1) is 13.8 Å². The van der Waals surface area contributed by atoms with E-state index in [0.29, 0.717) is 23.5 Å². The molecule has 2 amide bonds. The molecule has 0 unspecified atom stereocenters. The molecule has 3 aromatic carbocycles. The van der Waals surface area contributed by atoms with Gasteiger partial charge in [-0.2, -0.15) is 0 Å². The van der Waals surface area contributed by atoms with E-state index in [1.165, 1.54) is 29.6 Å². The predicted molar refractivity (Wildman–Crippen MR) is 131 cm³/mol. The number of nitrogens with zero attached hydrogens (tertiary/aromatic N) is 1. The molecule has 0 saturated heterocycles. The first-order valence-corrected chi connectivity index (χ1v) is 11.9. The average Bonchev–Trinajstić information content (AvgIpc) is 2.81. The van der Waals surface area contributed by atoms with Crippen molar-refractivity contribution in [2.24, 2.45) is 0 Å². The zero-order valence-corrected chi connectivity index (χ0v) is 19.9. The third kappa shape index (κ3) is 5.59. The SMILES string of the molecule is CCC(=O)Nc1ccc(C)c(NC(=O)c2cccc(S(=O)(=O)N(C)c3ccc(C)cc3)c2)c1. The Morgan fingerprint density at radius 1 is 0.909 bits per heavy atom. The van der Waals surface area contributed by atoms with Gasteiger partial charge in [0.05, 0.1) is 10.6 Å². The van der Waals surface area contributed by atoms with Crippen molar-refractivity contribution in [1.29, 1.82) is 0 Å². The first-order chi connectivity index (χ1) is 15.6. The second kappa shape index (κ2) is 9.87. The Bertz CT molecular complexity index is 1290. The van der Waals surface area contributed by atoms with Crippen LogP contribution in [-0.2, 0) is 14.8 Å². The van der Waals surface area contributed by atoms with Crippen LogP contribution in [0.4, 0.5) is 17.1 Å². The summed E-state index contributed by atoms with van der Waals surface area (Å²) in [7, 11) is -2.38. The molecule has 0 spiro atoms. The van der Waals surface area contributed by atoms with Gasteiger partial charge in [0, 0.05) is 30.4 Å². The van der Waals surface area contributed by atoms with Crippen LogP contribution in [0.2, 0.25) is 0 Å². The lowest BCUT2D eigenvalue weighted by Gasteiger charge is -2.20. The molecular weight excluding hydrogens is 438 g/mol. The number of nitrogens with one attached hydrogen (secondary N) is 2. The van der Waals surface area contributed by atoms with E-state index in [-0.39, 0.29) is 16.4 Å². The van der Waals surface area contributed by atoms with Crippen LogP contribution >= 0.6 is 0 Å². The molecule has 0 radical (unpaired) electrons. The monoisotopic (exact) mass is 465 g/mol. The summed E-state index contributed by atoms with van der Waals surface area (Å²) < 4.78 is 27.5. The first-order valence-electron chi connectivity index (χ1n) is 10.5. The van der Waals surface area contributed by atoms with Crippen LogP contribution in [0.5, 0.6) is 0 Å². The highest BCUT2D eigenvalue weighted by atomic mass is 32.2. The maximum atomic E-state index is 13.1. The molecule has 8 heteroatoms. The number of hydrogen-bond donors (Lipinski definition) is 2. The Balaban J connectivity index is 1.84. The molecule has 0 fully saturated rings. The standard InChI is InChI=1S/C25H27N3O4S/c1-5-24(29)26-20-12-11-18(3)23(16-20)27-25(30)19-7-6-8-22(15-19)33(31,32)28(4)21-13-9-17(2)10-14-21/h6-16H,5H2,1-4H3,(H,26,29)(H,27,30). The Labute approximate surface area is 194 Å². The number of amides is 2. The van der Waals surface area contributed by atoms with Gasteiger partial charge >= 0.3 is 0 Å². The van der Waals surface area contributed by atoms with E-state index >= 15 is 0 Å². The van der Waals surface area contributed by atoms with Crippen molar-refractivity contribution in [3.05, 3.63) is 83.4 Å². The number of rotatable bonds is 7. The molecule has 7 nitrogen and oxygen atoms in total. The van der Waals surface area contributed by atoms with Gasteiger partial charge in [0.1, 0.15) is 0 Å². The summed E-state index contributed by atoms with van der Waals surface area (Å²) in [6.45, 7) is 5.51. The summed E-state index contributed by atoms with van der Waals surface area (Å²) in [5.74, 6) is -0.584. The topological polar surface area (TPSA) is 95.6 Å². The molecule has 3 rings (SSSR count). The summed E-state index contributed by atoms with van der Waals surface area (Å²) in [5.41, 5.74) is 3.66. The second-order valence-corrected chi connectivity index (χ2v) is 9.69. The fourth-order valence-corrected chi connectivity index (χ4v) is 4.37. The van der Waals surface area contributed by atoms with Crippen molar-refractivity contribution >= 4 is 38.9 Å². The van der Waals surface area contributed by atoms with Crippen molar-refractivity contribution in [1.82, 2.24) is 0 Å². The molecular formula is C25H27N3O4S. The normalized spacial score (nSPS) is 11.0. The molecule has 0 heterocycles. The van der Waals surface area contributed by atoms with Crippen LogP contribution in [0.1, 0.15) is 34.8 Å². The maximum absolute atomic E-state index is 13.1. The fraction of sp³-hybridized carbons (Fsp3) is 0.200. The molecule has 172 valence electrons. The fourth-order valence-electron chi connectivity index (χ4n) is 3.13. The number of carbonyl (C=O) groups is 2. The van der Waals surface area contributed by atoms with Crippen LogP contribution in [-0.4, -0.2) is 27.3 Å².